The first-order valence-electron chi connectivity index (χ1n) is 5.90. The molecule has 106 valence electrons. The van der Waals surface area contributed by atoms with Gasteiger partial charge in [-0.1, -0.05) is 28.1 Å². The Bertz CT molecular complexity index is 682. The van der Waals surface area contributed by atoms with E-state index in [1.165, 1.54) is 30.5 Å². The maximum atomic E-state index is 11.8. The molecule has 6 nitrogen and oxygen atoms in total. The van der Waals surface area contributed by atoms with Crippen molar-refractivity contribution in [3.8, 4) is 0 Å². The van der Waals surface area contributed by atoms with Gasteiger partial charge in [-0.3, -0.25) is 14.9 Å². The molecule has 0 unspecified atom stereocenters. The van der Waals surface area contributed by atoms with Crippen molar-refractivity contribution < 1.29 is 9.72 Å². The number of nitrogens with zero attached hydrogens (tertiary/aromatic N) is 2. The molecule has 1 amide bonds. The number of carbonyl (C=O) groups excluding carboxylic acids is 1. The Balaban J connectivity index is 1.98. The van der Waals surface area contributed by atoms with Crippen LogP contribution in [0.2, 0.25) is 0 Å². The van der Waals surface area contributed by atoms with E-state index < -0.39 is 10.8 Å². The highest BCUT2D eigenvalue weighted by Crippen LogP contribution is 2.12. The van der Waals surface area contributed by atoms with Gasteiger partial charge < -0.3 is 0 Å². The van der Waals surface area contributed by atoms with Crippen LogP contribution in [0.4, 0.5) is 5.69 Å². The zero-order valence-corrected chi connectivity index (χ0v) is 12.3. The lowest BCUT2D eigenvalue weighted by atomic mass is 10.2. The molecule has 0 saturated carbocycles. The molecule has 0 aliphatic carbocycles. The van der Waals surface area contributed by atoms with Crippen LogP contribution >= 0.6 is 15.9 Å². The van der Waals surface area contributed by atoms with Crippen molar-refractivity contribution in [2.45, 2.75) is 0 Å². The van der Waals surface area contributed by atoms with Gasteiger partial charge in [-0.2, -0.15) is 5.10 Å². The molecule has 0 atom stereocenters. The maximum absolute atomic E-state index is 11.8. The average molecular weight is 348 g/mol. The standard InChI is InChI=1S/C14H10BrN3O3/c15-12-5-1-10(2-6-12)9-16-17-14(19)11-3-7-13(8-4-11)18(20)21/h1-9H,(H,17,19)/b16-9-. The van der Waals surface area contributed by atoms with E-state index in [9.17, 15) is 14.9 Å². The second-order valence-corrected chi connectivity index (χ2v) is 4.97. The second-order valence-electron chi connectivity index (χ2n) is 4.05. The number of nitro groups is 1. The Labute approximate surface area is 128 Å². The molecule has 7 heteroatoms. The van der Waals surface area contributed by atoms with Crippen molar-refractivity contribution >= 4 is 33.7 Å². The third-order valence-corrected chi connectivity index (χ3v) is 3.12. The number of hydrogen-bond donors (Lipinski definition) is 1. The van der Waals surface area contributed by atoms with Gasteiger partial charge in [0.05, 0.1) is 11.1 Å². The minimum absolute atomic E-state index is 0.0649. The summed E-state index contributed by atoms with van der Waals surface area (Å²) in [7, 11) is 0. The van der Waals surface area contributed by atoms with Crippen molar-refractivity contribution in [1.29, 1.82) is 0 Å². The molecular formula is C14H10BrN3O3. The Morgan fingerprint density at radius 2 is 1.76 bits per heavy atom. The zero-order chi connectivity index (χ0) is 15.2. The molecule has 0 saturated heterocycles. The minimum atomic E-state index is -0.520. The number of nitro benzene ring substituents is 1. The molecule has 0 aliphatic heterocycles. The Morgan fingerprint density at radius 3 is 2.33 bits per heavy atom. The molecule has 0 aromatic heterocycles. The summed E-state index contributed by atoms with van der Waals surface area (Å²) in [4.78, 5) is 21.8. The maximum Gasteiger partial charge on any atom is 0.271 e. The lowest BCUT2D eigenvalue weighted by molar-refractivity contribution is -0.384. The molecule has 0 fully saturated rings. The summed E-state index contributed by atoms with van der Waals surface area (Å²) in [5, 5.41) is 14.3. The summed E-state index contributed by atoms with van der Waals surface area (Å²) in [6.07, 6.45) is 1.51. The van der Waals surface area contributed by atoms with Crippen LogP contribution in [0.15, 0.2) is 58.1 Å². The van der Waals surface area contributed by atoms with E-state index in [0.717, 1.165) is 10.0 Å². The van der Waals surface area contributed by atoms with Crippen LogP contribution in [-0.2, 0) is 0 Å². The van der Waals surface area contributed by atoms with E-state index in [-0.39, 0.29) is 5.69 Å². The number of nitrogens with one attached hydrogen (secondary N) is 1. The van der Waals surface area contributed by atoms with Gasteiger partial charge in [0.25, 0.3) is 11.6 Å². The van der Waals surface area contributed by atoms with E-state index in [0.29, 0.717) is 5.56 Å². The first-order valence-corrected chi connectivity index (χ1v) is 6.69. The van der Waals surface area contributed by atoms with E-state index in [1.54, 1.807) is 0 Å². The monoisotopic (exact) mass is 347 g/mol. The van der Waals surface area contributed by atoms with E-state index in [4.69, 9.17) is 0 Å². The summed E-state index contributed by atoms with van der Waals surface area (Å²) in [6, 6.07) is 12.7. The topological polar surface area (TPSA) is 84.6 Å². The van der Waals surface area contributed by atoms with Gasteiger partial charge in [0.15, 0.2) is 0 Å². The Morgan fingerprint density at radius 1 is 1.14 bits per heavy atom. The number of rotatable bonds is 4. The summed E-state index contributed by atoms with van der Waals surface area (Å²) in [6.45, 7) is 0. The van der Waals surface area contributed by atoms with Gasteiger partial charge in [0, 0.05) is 22.2 Å². The van der Waals surface area contributed by atoms with Crippen molar-refractivity contribution in [3.05, 3.63) is 74.2 Å². The van der Waals surface area contributed by atoms with Gasteiger partial charge >= 0.3 is 0 Å². The summed E-state index contributed by atoms with van der Waals surface area (Å²) >= 11 is 3.32. The molecular weight excluding hydrogens is 338 g/mol. The van der Waals surface area contributed by atoms with Crippen molar-refractivity contribution in [2.75, 3.05) is 0 Å². The highest BCUT2D eigenvalue weighted by molar-refractivity contribution is 9.10. The van der Waals surface area contributed by atoms with E-state index >= 15 is 0 Å². The van der Waals surface area contributed by atoms with Crippen LogP contribution in [0.1, 0.15) is 15.9 Å². The third-order valence-electron chi connectivity index (χ3n) is 2.59. The normalized spacial score (nSPS) is 10.5. The second kappa shape index (κ2) is 6.76. The number of amides is 1. The predicted octanol–water partition coefficient (Wildman–Crippen LogP) is 3.12. The van der Waals surface area contributed by atoms with Crippen molar-refractivity contribution in [1.82, 2.24) is 5.43 Å². The number of hydrazone groups is 1. The molecule has 2 aromatic rings. The molecule has 0 aliphatic rings. The highest BCUT2D eigenvalue weighted by atomic mass is 79.9. The molecule has 0 heterocycles. The fraction of sp³-hybridized carbons (Fsp3) is 0. The molecule has 2 aromatic carbocycles. The van der Waals surface area contributed by atoms with Crippen LogP contribution in [-0.4, -0.2) is 17.0 Å². The first kappa shape index (κ1) is 14.9. The van der Waals surface area contributed by atoms with Crippen LogP contribution in [0.25, 0.3) is 0 Å². The zero-order valence-electron chi connectivity index (χ0n) is 10.7. The van der Waals surface area contributed by atoms with Crippen LogP contribution in [0.3, 0.4) is 0 Å². The number of hydrogen-bond acceptors (Lipinski definition) is 4. The average Bonchev–Trinajstić information content (AvgIpc) is 2.49. The van der Waals surface area contributed by atoms with Gasteiger partial charge in [-0.25, -0.2) is 5.43 Å². The summed E-state index contributed by atoms with van der Waals surface area (Å²) in [5.41, 5.74) is 3.43. The van der Waals surface area contributed by atoms with Gasteiger partial charge in [-0.05, 0) is 29.8 Å². The smallest absolute Gasteiger partial charge is 0.267 e. The SMILES string of the molecule is O=C(N/N=C\c1ccc(Br)cc1)c1ccc([N+](=O)[O-])cc1. The molecule has 21 heavy (non-hydrogen) atoms. The largest absolute Gasteiger partial charge is 0.271 e. The third kappa shape index (κ3) is 4.22. The minimum Gasteiger partial charge on any atom is -0.267 e. The van der Waals surface area contributed by atoms with Crippen molar-refractivity contribution in [2.24, 2.45) is 5.10 Å². The van der Waals surface area contributed by atoms with Gasteiger partial charge in [0.1, 0.15) is 0 Å². The molecule has 2 rings (SSSR count). The van der Waals surface area contributed by atoms with Crippen LogP contribution < -0.4 is 5.43 Å². The van der Waals surface area contributed by atoms with Crippen molar-refractivity contribution in [3.63, 3.8) is 0 Å². The number of non-ortho nitro benzene ring substituents is 1. The number of benzene rings is 2. The first-order chi connectivity index (χ1) is 10.1. The Kier molecular flexibility index (Phi) is 4.78. The van der Waals surface area contributed by atoms with Crippen LogP contribution in [0, 0.1) is 10.1 Å². The predicted molar refractivity (Wildman–Crippen MR) is 82.3 cm³/mol. The fourth-order valence-electron chi connectivity index (χ4n) is 1.51. The number of halogens is 1. The summed E-state index contributed by atoms with van der Waals surface area (Å²) in [5.74, 6) is -0.432. The number of carbonyl (C=O) groups is 1. The molecule has 0 bridgehead atoms. The van der Waals surface area contributed by atoms with Crippen LogP contribution in [0.5, 0.6) is 0 Å². The lowest BCUT2D eigenvalue weighted by Gasteiger charge is -1.99. The molecule has 1 N–H and O–H groups in total. The molecule has 0 spiro atoms. The van der Waals surface area contributed by atoms with Gasteiger partial charge in [-0.15, -0.1) is 0 Å². The summed E-state index contributed by atoms with van der Waals surface area (Å²) < 4.78 is 0.953. The van der Waals surface area contributed by atoms with Gasteiger partial charge in [0.2, 0.25) is 0 Å². The van der Waals surface area contributed by atoms with E-state index in [2.05, 4.69) is 26.5 Å². The Hall–Kier alpha value is -2.54. The molecule has 0 radical (unpaired) electrons. The van der Waals surface area contributed by atoms with E-state index in [1.807, 2.05) is 24.3 Å². The lowest BCUT2D eigenvalue weighted by Crippen LogP contribution is -2.17. The fourth-order valence-corrected chi connectivity index (χ4v) is 1.78. The highest BCUT2D eigenvalue weighted by Gasteiger charge is 2.08. The quantitative estimate of drug-likeness (QED) is 0.523.